The van der Waals surface area contributed by atoms with E-state index in [1.165, 1.54) is 0 Å². The Morgan fingerprint density at radius 2 is 2.20 bits per heavy atom. The van der Waals surface area contributed by atoms with Crippen molar-refractivity contribution in [3.8, 4) is 0 Å². The lowest BCUT2D eigenvalue weighted by Gasteiger charge is -2.42. The second kappa shape index (κ2) is 5.47. The van der Waals surface area contributed by atoms with Gasteiger partial charge >= 0.3 is 0 Å². The van der Waals surface area contributed by atoms with Gasteiger partial charge in [0.05, 0.1) is 6.54 Å². The molecule has 0 aromatic heterocycles. The maximum Gasteiger partial charge on any atom is 0.237 e. The Hall–Kier alpha value is -0.610. The first-order valence-electron chi connectivity index (χ1n) is 5.82. The van der Waals surface area contributed by atoms with Crippen LogP contribution in [0.4, 0.5) is 0 Å². The Bertz CT molecular complexity index is 218. The summed E-state index contributed by atoms with van der Waals surface area (Å²) < 4.78 is 0. The molecule has 2 N–H and O–H groups in total. The lowest BCUT2D eigenvalue weighted by molar-refractivity contribution is -0.140. The number of likely N-dealkylation sites (N-methyl/N-ethyl adjacent to an activating group) is 1. The van der Waals surface area contributed by atoms with E-state index in [-0.39, 0.29) is 5.91 Å². The molecule has 15 heavy (non-hydrogen) atoms. The van der Waals surface area contributed by atoms with Crippen molar-refractivity contribution in [2.24, 2.45) is 11.7 Å². The summed E-state index contributed by atoms with van der Waals surface area (Å²) in [6.07, 6.45) is 0. The van der Waals surface area contributed by atoms with E-state index in [1.54, 1.807) is 0 Å². The van der Waals surface area contributed by atoms with Gasteiger partial charge in [-0.05, 0) is 12.8 Å². The highest BCUT2D eigenvalue weighted by molar-refractivity contribution is 5.79. The van der Waals surface area contributed by atoms with E-state index in [1.807, 2.05) is 11.8 Å². The van der Waals surface area contributed by atoms with E-state index in [2.05, 4.69) is 18.7 Å². The summed E-state index contributed by atoms with van der Waals surface area (Å²) >= 11 is 0. The fourth-order valence-electron chi connectivity index (χ4n) is 2.23. The zero-order valence-corrected chi connectivity index (χ0v) is 10.1. The van der Waals surface area contributed by atoms with Crippen LogP contribution in [-0.4, -0.2) is 54.5 Å². The standard InChI is InChI=1S/C11H23N3O/c1-4-14-10(9(2)3)7-13(6-5-12)8-11(14)15/h9-10H,4-8,12H2,1-3H3. The fourth-order valence-corrected chi connectivity index (χ4v) is 2.23. The molecule has 1 aliphatic rings. The van der Waals surface area contributed by atoms with Crippen LogP contribution >= 0.6 is 0 Å². The van der Waals surface area contributed by atoms with Crippen LogP contribution in [0.2, 0.25) is 0 Å². The van der Waals surface area contributed by atoms with E-state index in [4.69, 9.17) is 5.73 Å². The molecule has 0 spiro atoms. The van der Waals surface area contributed by atoms with Gasteiger partial charge in [-0.25, -0.2) is 0 Å². The average molecular weight is 213 g/mol. The molecule has 0 radical (unpaired) electrons. The molecular weight excluding hydrogens is 190 g/mol. The van der Waals surface area contributed by atoms with E-state index < -0.39 is 0 Å². The van der Waals surface area contributed by atoms with E-state index in [0.717, 1.165) is 19.6 Å². The third-order valence-electron chi connectivity index (χ3n) is 3.08. The second-order valence-corrected chi connectivity index (χ2v) is 4.51. The van der Waals surface area contributed by atoms with Gasteiger partial charge in [0.15, 0.2) is 0 Å². The lowest BCUT2D eigenvalue weighted by Crippen LogP contribution is -2.58. The molecule has 1 aliphatic heterocycles. The van der Waals surface area contributed by atoms with Gasteiger partial charge < -0.3 is 10.6 Å². The molecule has 88 valence electrons. The molecule has 1 saturated heterocycles. The Morgan fingerprint density at radius 1 is 1.53 bits per heavy atom. The van der Waals surface area contributed by atoms with E-state index in [9.17, 15) is 4.79 Å². The summed E-state index contributed by atoms with van der Waals surface area (Å²) in [4.78, 5) is 16.0. The fraction of sp³-hybridized carbons (Fsp3) is 0.909. The quantitative estimate of drug-likeness (QED) is 0.722. The Labute approximate surface area is 92.4 Å². The van der Waals surface area contributed by atoms with Crippen LogP contribution in [0.5, 0.6) is 0 Å². The third kappa shape index (κ3) is 2.92. The van der Waals surface area contributed by atoms with Gasteiger partial charge in [-0.1, -0.05) is 13.8 Å². The van der Waals surface area contributed by atoms with E-state index in [0.29, 0.717) is 25.0 Å². The number of nitrogens with zero attached hydrogens (tertiary/aromatic N) is 2. The largest absolute Gasteiger partial charge is 0.337 e. The summed E-state index contributed by atoms with van der Waals surface area (Å²) in [5, 5.41) is 0. The van der Waals surface area contributed by atoms with Crippen molar-refractivity contribution in [2.75, 3.05) is 32.7 Å². The smallest absolute Gasteiger partial charge is 0.237 e. The molecule has 1 heterocycles. The predicted octanol–water partition coefficient (Wildman–Crippen LogP) is 0.134. The first-order chi connectivity index (χ1) is 7.10. The summed E-state index contributed by atoms with van der Waals surface area (Å²) in [7, 11) is 0. The highest BCUT2D eigenvalue weighted by atomic mass is 16.2. The molecule has 0 saturated carbocycles. The van der Waals surface area contributed by atoms with Crippen LogP contribution in [0, 0.1) is 5.92 Å². The molecule has 0 aromatic rings. The van der Waals surface area contributed by atoms with Crippen molar-refractivity contribution >= 4 is 5.91 Å². The monoisotopic (exact) mass is 213 g/mol. The molecule has 0 bridgehead atoms. The van der Waals surface area contributed by atoms with E-state index >= 15 is 0 Å². The van der Waals surface area contributed by atoms with Gasteiger partial charge in [0, 0.05) is 32.2 Å². The molecule has 4 nitrogen and oxygen atoms in total. The molecule has 0 aromatic carbocycles. The van der Waals surface area contributed by atoms with Crippen LogP contribution in [0.1, 0.15) is 20.8 Å². The van der Waals surface area contributed by atoms with Gasteiger partial charge in [0.1, 0.15) is 0 Å². The van der Waals surface area contributed by atoms with Crippen LogP contribution in [0.3, 0.4) is 0 Å². The summed E-state index contributed by atoms with van der Waals surface area (Å²) in [5.41, 5.74) is 5.53. The van der Waals surface area contributed by atoms with Crippen molar-refractivity contribution in [3.05, 3.63) is 0 Å². The number of rotatable bonds is 4. The number of nitrogens with two attached hydrogens (primary N) is 1. The first-order valence-corrected chi connectivity index (χ1v) is 5.82. The van der Waals surface area contributed by atoms with Gasteiger partial charge in [-0.15, -0.1) is 0 Å². The highest BCUT2D eigenvalue weighted by Crippen LogP contribution is 2.17. The zero-order chi connectivity index (χ0) is 11.4. The minimum Gasteiger partial charge on any atom is -0.337 e. The molecule has 1 unspecified atom stereocenters. The zero-order valence-electron chi connectivity index (χ0n) is 10.1. The molecule has 1 fully saturated rings. The SMILES string of the molecule is CCN1C(=O)CN(CCN)CC1C(C)C. The highest BCUT2D eigenvalue weighted by Gasteiger charge is 2.32. The van der Waals surface area contributed by atoms with Crippen molar-refractivity contribution < 1.29 is 4.79 Å². The molecular formula is C11H23N3O. The molecule has 4 heteroatoms. The number of piperazine rings is 1. The lowest BCUT2D eigenvalue weighted by atomic mass is 9.99. The molecule has 1 atom stereocenters. The van der Waals surface area contributed by atoms with Crippen LogP contribution in [-0.2, 0) is 4.79 Å². The third-order valence-corrected chi connectivity index (χ3v) is 3.08. The number of hydrogen-bond donors (Lipinski definition) is 1. The Morgan fingerprint density at radius 3 is 2.67 bits per heavy atom. The Balaban J connectivity index is 2.67. The van der Waals surface area contributed by atoms with Crippen molar-refractivity contribution in [1.29, 1.82) is 0 Å². The molecule has 0 aliphatic carbocycles. The maximum absolute atomic E-state index is 11.9. The summed E-state index contributed by atoms with van der Waals surface area (Å²) in [6, 6.07) is 0.350. The van der Waals surface area contributed by atoms with Gasteiger partial charge in [-0.2, -0.15) is 0 Å². The van der Waals surface area contributed by atoms with Gasteiger partial charge in [0.2, 0.25) is 5.91 Å². The first kappa shape index (κ1) is 12.5. The minimum atomic E-state index is 0.246. The number of carbonyl (C=O) groups excluding carboxylic acids is 1. The van der Waals surface area contributed by atoms with Crippen molar-refractivity contribution in [2.45, 2.75) is 26.8 Å². The van der Waals surface area contributed by atoms with Crippen molar-refractivity contribution in [3.63, 3.8) is 0 Å². The minimum absolute atomic E-state index is 0.246. The van der Waals surface area contributed by atoms with Gasteiger partial charge in [0.25, 0.3) is 0 Å². The number of hydrogen-bond acceptors (Lipinski definition) is 3. The second-order valence-electron chi connectivity index (χ2n) is 4.51. The Kier molecular flexibility index (Phi) is 4.54. The summed E-state index contributed by atoms with van der Waals surface area (Å²) in [5.74, 6) is 0.755. The molecule has 1 amide bonds. The average Bonchev–Trinajstić information content (AvgIpc) is 2.17. The molecule has 1 rings (SSSR count). The van der Waals surface area contributed by atoms with Crippen LogP contribution in [0.15, 0.2) is 0 Å². The predicted molar refractivity (Wildman–Crippen MR) is 61.5 cm³/mol. The van der Waals surface area contributed by atoms with Crippen LogP contribution in [0.25, 0.3) is 0 Å². The normalized spacial score (nSPS) is 23.9. The summed E-state index contributed by atoms with van der Waals surface area (Å²) in [6.45, 7) is 10.2. The van der Waals surface area contributed by atoms with Crippen molar-refractivity contribution in [1.82, 2.24) is 9.80 Å². The number of carbonyl (C=O) groups is 1. The van der Waals surface area contributed by atoms with Crippen LogP contribution < -0.4 is 5.73 Å². The van der Waals surface area contributed by atoms with Gasteiger partial charge in [-0.3, -0.25) is 9.69 Å². The topological polar surface area (TPSA) is 49.6 Å². The maximum atomic E-state index is 11.9. The number of amides is 1.